The second-order valence-electron chi connectivity index (χ2n) is 3.54. The maximum absolute atomic E-state index is 5.00. The molecular formula is C13H15NO. The minimum atomic E-state index is 0.929. The minimum absolute atomic E-state index is 0.929. The lowest BCUT2D eigenvalue weighted by atomic mass is 10.2. The van der Waals surface area contributed by atoms with Crippen molar-refractivity contribution in [1.82, 2.24) is 5.32 Å². The molecule has 0 radical (unpaired) electrons. The molecule has 0 aliphatic rings. The van der Waals surface area contributed by atoms with E-state index >= 15 is 0 Å². The van der Waals surface area contributed by atoms with Gasteiger partial charge < -0.3 is 9.73 Å². The van der Waals surface area contributed by atoms with Gasteiger partial charge in [0.05, 0.1) is 12.5 Å². The molecule has 0 saturated heterocycles. The molecule has 0 aliphatic carbocycles. The fourth-order valence-corrected chi connectivity index (χ4v) is 1.50. The SMILES string of the molecule is c1ccc(CNCCc2ccoc2)cc1. The Morgan fingerprint density at radius 2 is 1.87 bits per heavy atom. The van der Waals surface area contributed by atoms with Crippen molar-refractivity contribution in [3.05, 3.63) is 60.1 Å². The molecule has 1 N–H and O–H groups in total. The molecule has 0 aliphatic heterocycles. The van der Waals surface area contributed by atoms with E-state index < -0.39 is 0 Å². The van der Waals surface area contributed by atoms with Crippen LogP contribution < -0.4 is 5.32 Å². The molecule has 1 aromatic carbocycles. The lowest BCUT2D eigenvalue weighted by Crippen LogP contribution is -2.16. The van der Waals surface area contributed by atoms with Gasteiger partial charge in [0.1, 0.15) is 0 Å². The van der Waals surface area contributed by atoms with Crippen molar-refractivity contribution in [2.45, 2.75) is 13.0 Å². The molecule has 0 bridgehead atoms. The highest BCUT2D eigenvalue weighted by molar-refractivity contribution is 5.14. The van der Waals surface area contributed by atoms with Crippen LogP contribution >= 0.6 is 0 Å². The Bertz CT molecular complexity index is 367. The van der Waals surface area contributed by atoms with Crippen molar-refractivity contribution >= 4 is 0 Å². The number of benzene rings is 1. The topological polar surface area (TPSA) is 25.2 Å². The molecule has 2 rings (SSSR count). The number of hydrogen-bond acceptors (Lipinski definition) is 2. The van der Waals surface area contributed by atoms with E-state index in [-0.39, 0.29) is 0 Å². The standard InChI is InChI=1S/C13H15NO/c1-2-4-12(5-3-1)10-14-8-6-13-7-9-15-11-13/h1-5,7,9,11,14H,6,8,10H2. The summed E-state index contributed by atoms with van der Waals surface area (Å²) in [6, 6.07) is 12.4. The summed E-state index contributed by atoms with van der Waals surface area (Å²) in [5.41, 5.74) is 2.57. The fraction of sp³-hybridized carbons (Fsp3) is 0.231. The Hall–Kier alpha value is -1.54. The third-order valence-corrected chi connectivity index (χ3v) is 2.34. The first kappa shape index (κ1) is 9.99. The molecule has 1 heterocycles. The highest BCUT2D eigenvalue weighted by Crippen LogP contribution is 2.00. The maximum atomic E-state index is 5.00. The average molecular weight is 201 g/mol. The number of hydrogen-bond donors (Lipinski definition) is 1. The number of rotatable bonds is 5. The number of furan rings is 1. The molecule has 2 nitrogen and oxygen atoms in total. The van der Waals surface area contributed by atoms with Gasteiger partial charge in [0.2, 0.25) is 0 Å². The van der Waals surface area contributed by atoms with Crippen LogP contribution in [0.3, 0.4) is 0 Å². The summed E-state index contributed by atoms with van der Waals surface area (Å²) in [6.07, 6.45) is 4.53. The first-order valence-electron chi connectivity index (χ1n) is 5.21. The smallest absolute Gasteiger partial charge is 0.0934 e. The maximum Gasteiger partial charge on any atom is 0.0934 e. The van der Waals surface area contributed by atoms with Crippen molar-refractivity contribution in [3.8, 4) is 0 Å². The molecule has 78 valence electrons. The van der Waals surface area contributed by atoms with Crippen molar-refractivity contribution < 1.29 is 4.42 Å². The summed E-state index contributed by atoms with van der Waals surface area (Å²) < 4.78 is 5.00. The second-order valence-corrected chi connectivity index (χ2v) is 3.54. The highest BCUT2D eigenvalue weighted by Gasteiger charge is 1.94. The van der Waals surface area contributed by atoms with Crippen LogP contribution in [0.25, 0.3) is 0 Å². The Labute approximate surface area is 89.9 Å². The third kappa shape index (κ3) is 3.26. The zero-order valence-corrected chi connectivity index (χ0v) is 8.65. The second kappa shape index (κ2) is 5.37. The van der Waals surface area contributed by atoms with Crippen molar-refractivity contribution in [2.24, 2.45) is 0 Å². The van der Waals surface area contributed by atoms with E-state index in [2.05, 4.69) is 29.6 Å². The molecular weight excluding hydrogens is 186 g/mol. The van der Waals surface area contributed by atoms with E-state index in [9.17, 15) is 0 Å². The van der Waals surface area contributed by atoms with Crippen LogP contribution in [-0.2, 0) is 13.0 Å². The largest absolute Gasteiger partial charge is 0.472 e. The average Bonchev–Trinajstić information content (AvgIpc) is 2.79. The van der Waals surface area contributed by atoms with Gasteiger partial charge in [-0.3, -0.25) is 0 Å². The van der Waals surface area contributed by atoms with Crippen LogP contribution in [0.1, 0.15) is 11.1 Å². The molecule has 0 amide bonds. The predicted molar refractivity (Wildman–Crippen MR) is 60.6 cm³/mol. The molecule has 0 saturated carbocycles. The monoisotopic (exact) mass is 201 g/mol. The van der Waals surface area contributed by atoms with Gasteiger partial charge in [-0.1, -0.05) is 30.3 Å². The molecule has 0 atom stereocenters. The predicted octanol–water partition coefficient (Wildman–Crippen LogP) is 2.61. The Kier molecular flexibility index (Phi) is 3.58. The van der Waals surface area contributed by atoms with E-state index in [1.165, 1.54) is 11.1 Å². The van der Waals surface area contributed by atoms with Crippen LogP contribution in [-0.4, -0.2) is 6.54 Å². The van der Waals surface area contributed by atoms with Gasteiger partial charge in [-0.25, -0.2) is 0 Å². The molecule has 15 heavy (non-hydrogen) atoms. The van der Waals surface area contributed by atoms with Gasteiger partial charge in [-0.15, -0.1) is 0 Å². The van der Waals surface area contributed by atoms with Gasteiger partial charge in [0, 0.05) is 6.54 Å². The summed E-state index contributed by atoms with van der Waals surface area (Å²) in [5, 5.41) is 3.40. The highest BCUT2D eigenvalue weighted by atomic mass is 16.3. The van der Waals surface area contributed by atoms with E-state index in [4.69, 9.17) is 4.42 Å². The van der Waals surface area contributed by atoms with Crippen LogP contribution in [0.15, 0.2) is 53.3 Å². The summed E-state index contributed by atoms with van der Waals surface area (Å²) in [5.74, 6) is 0. The Morgan fingerprint density at radius 3 is 2.60 bits per heavy atom. The van der Waals surface area contributed by atoms with Gasteiger partial charge in [0.15, 0.2) is 0 Å². The van der Waals surface area contributed by atoms with Crippen molar-refractivity contribution in [3.63, 3.8) is 0 Å². The Balaban J connectivity index is 1.68. The van der Waals surface area contributed by atoms with E-state index in [1.807, 2.05) is 12.1 Å². The van der Waals surface area contributed by atoms with Crippen LogP contribution in [0.5, 0.6) is 0 Å². The van der Waals surface area contributed by atoms with Gasteiger partial charge in [-0.2, -0.15) is 0 Å². The van der Waals surface area contributed by atoms with E-state index in [1.54, 1.807) is 12.5 Å². The summed E-state index contributed by atoms with van der Waals surface area (Å²) in [7, 11) is 0. The molecule has 0 fully saturated rings. The molecule has 0 spiro atoms. The van der Waals surface area contributed by atoms with Gasteiger partial charge in [-0.05, 0) is 30.2 Å². The normalized spacial score (nSPS) is 10.4. The molecule has 0 unspecified atom stereocenters. The third-order valence-electron chi connectivity index (χ3n) is 2.34. The molecule has 1 aromatic heterocycles. The quantitative estimate of drug-likeness (QED) is 0.752. The molecule has 2 heteroatoms. The van der Waals surface area contributed by atoms with E-state index in [0.29, 0.717) is 0 Å². The minimum Gasteiger partial charge on any atom is -0.472 e. The van der Waals surface area contributed by atoms with Crippen molar-refractivity contribution in [2.75, 3.05) is 6.54 Å². The van der Waals surface area contributed by atoms with Crippen molar-refractivity contribution in [1.29, 1.82) is 0 Å². The Morgan fingerprint density at radius 1 is 1.00 bits per heavy atom. The first-order valence-corrected chi connectivity index (χ1v) is 5.21. The van der Waals surface area contributed by atoms with Gasteiger partial charge >= 0.3 is 0 Å². The van der Waals surface area contributed by atoms with Crippen LogP contribution in [0, 0.1) is 0 Å². The zero-order chi connectivity index (χ0) is 10.3. The summed E-state index contributed by atoms with van der Waals surface area (Å²) >= 11 is 0. The van der Waals surface area contributed by atoms with Gasteiger partial charge in [0.25, 0.3) is 0 Å². The van der Waals surface area contributed by atoms with E-state index in [0.717, 1.165) is 19.5 Å². The van der Waals surface area contributed by atoms with Crippen LogP contribution in [0.2, 0.25) is 0 Å². The first-order chi connectivity index (χ1) is 7.45. The van der Waals surface area contributed by atoms with Crippen LogP contribution in [0.4, 0.5) is 0 Å². The number of nitrogens with one attached hydrogen (secondary N) is 1. The molecule has 2 aromatic rings. The fourth-order valence-electron chi connectivity index (χ4n) is 1.50. The summed E-state index contributed by atoms with van der Waals surface area (Å²) in [6.45, 7) is 1.91. The zero-order valence-electron chi connectivity index (χ0n) is 8.65. The lowest BCUT2D eigenvalue weighted by molar-refractivity contribution is 0.562. The lowest BCUT2D eigenvalue weighted by Gasteiger charge is -2.03. The summed E-state index contributed by atoms with van der Waals surface area (Å²) in [4.78, 5) is 0.